The lowest BCUT2D eigenvalue weighted by molar-refractivity contribution is -0.148. The van der Waals surface area contributed by atoms with E-state index in [1.54, 1.807) is 6.20 Å². The van der Waals surface area contributed by atoms with E-state index in [1.807, 2.05) is 13.0 Å². The number of esters is 1. The number of rotatable bonds is 19. The molecular weight excluding hydrogens is 484 g/mol. The number of carbonyl (C=O) groups excluding carboxylic acids is 1. The van der Waals surface area contributed by atoms with Gasteiger partial charge in [-0.15, -0.1) is 0 Å². The Morgan fingerprint density at radius 3 is 2.38 bits per heavy atom. The Morgan fingerprint density at radius 2 is 1.59 bits per heavy atom. The molecule has 1 atom stereocenters. The summed E-state index contributed by atoms with van der Waals surface area (Å²) >= 11 is 0. The van der Waals surface area contributed by atoms with Crippen LogP contribution in [0.25, 0.3) is 22.2 Å². The summed E-state index contributed by atoms with van der Waals surface area (Å²) in [6.45, 7) is 7.02. The zero-order valence-corrected chi connectivity index (χ0v) is 24.4. The van der Waals surface area contributed by atoms with Gasteiger partial charge in [0, 0.05) is 6.42 Å². The van der Waals surface area contributed by atoms with Gasteiger partial charge in [-0.1, -0.05) is 95.5 Å². The van der Waals surface area contributed by atoms with Gasteiger partial charge in [0.05, 0.1) is 29.9 Å². The van der Waals surface area contributed by atoms with Crippen molar-refractivity contribution in [2.24, 2.45) is 0 Å². The number of carbonyl (C=O) groups is 1. The number of nitrogens with zero attached hydrogens (tertiary/aromatic N) is 2. The monoisotopic (exact) mass is 532 g/mol. The lowest BCUT2D eigenvalue weighted by Crippen LogP contribution is -2.14. The zero-order chi connectivity index (χ0) is 27.7. The van der Waals surface area contributed by atoms with Crippen molar-refractivity contribution < 1.29 is 14.3 Å². The third kappa shape index (κ3) is 11.0. The van der Waals surface area contributed by atoms with Crippen molar-refractivity contribution in [2.45, 2.75) is 117 Å². The predicted octanol–water partition coefficient (Wildman–Crippen LogP) is 9.26. The van der Waals surface area contributed by atoms with Gasteiger partial charge in [-0.25, -0.2) is 9.97 Å². The molecule has 0 aliphatic heterocycles. The molecule has 0 bridgehead atoms. The molecule has 5 heteroatoms. The zero-order valence-electron chi connectivity index (χ0n) is 24.4. The van der Waals surface area contributed by atoms with Crippen LogP contribution in [-0.2, 0) is 16.0 Å². The quantitative estimate of drug-likeness (QED) is 0.114. The van der Waals surface area contributed by atoms with Gasteiger partial charge in [-0.3, -0.25) is 4.79 Å². The molecule has 3 aromatic rings. The third-order valence-corrected chi connectivity index (χ3v) is 7.22. The topological polar surface area (TPSA) is 61.3 Å². The molecule has 0 saturated carbocycles. The van der Waals surface area contributed by atoms with E-state index in [4.69, 9.17) is 9.47 Å². The van der Waals surface area contributed by atoms with Gasteiger partial charge < -0.3 is 9.47 Å². The van der Waals surface area contributed by atoms with E-state index in [-0.39, 0.29) is 12.1 Å². The highest BCUT2D eigenvalue weighted by Crippen LogP contribution is 2.28. The fourth-order valence-electron chi connectivity index (χ4n) is 4.91. The van der Waals surface area contributed by atoms with E-state index in [2.05, 4.69) is 60.2 Å². The maximum Gasteiger partial charge on any atom is 0.306 e. The molecule has 0 aliphatic carbocycles. The highest BCUT2D eigenvalue weighted by atomic mass is 16.5. The number of unbranched alkanes of at least 4 members (excludes halogenated alkanes) is 8. The van der Waals surface area contributed by atoms with Crippen LogP contribution >= 0.6 is 0 Å². The van der Waals surface area contributed by atoms with Crippen LogP contribution in [0.1, 0.15) is 110 Å². The van der Waals surface area contributed by atoms with Crippen LogP contribution in [0.5, 0.6) is 5.88 Å². The molecule has 0 fully saturated rings. The molecule has 212 valence electrons. The second-order valence-corrected chi connectivity index (χ2v) is 10.7. The predicted molar refractivity (Wildman–Crippen MR) is 161 cm³/mol. The number of hydrogen-bond donors (Lipinski definition) is 0. The first-order valence-corrected chi connectivity index (χ1v) is 15.3. The van der Waals surface area contributed by atoms with Gasteiger partial charge in [0.15, 0.2) is 0 Å². The Kier molecular flexibility index (Phi) is 13.8. The van der Waals surface area contributed by atoms with Crippen LogP contribution in [0.2, 0.25) is 0 Å². The number of aromatic nitrogens is 2. The number of hydrogen-bond acceptors (Lipinski definition) is 5. The number of ether oxygens (including phenoxy) is 2. The first-order valence-electron chi connectivity index (χ1n) is 15.3. The summed E-state index contributed by atoms with van der Waals surface area (Å²) < 4.78 is 11.5. The van der Waals surface area contributed by atoms with Gasteiger partial charge in [0.2, 0.25) is 5.88 Å². The molecule has 0 aliphatic rings. The van der Waals surface area contributed by atoms with Gasteiger partial charge in [-0.2, -0.15) is 0 Å². The lowest BCUT2D eigenvalue weighted by Gasteiger charge is -2.14. The van der Waals surface area contributed by atoms with E-state index in [9.17, 15) is 4.79 Å². The molecule has 0 N–H and O–H groups in total. The maximum absolute atomic E-state index is 11.9. The summed E-state index contributed by atoms with van der Waals surface area (Å²) in [7, 11) is 0. The van der Waals surface area contributed by atoms with Crippen molar-refractivity contribution in [3.63, 3.8) is 0 Å². The fourth-order valence-corrected chi connectivity index (χ4v) is 4.91. The SMILES string of the molecule is CCCCCCCCCCOc1cnc2cc(-c3ccccc3CCCC(C)OC(=O)CCCC)ccc2n1. The molecule has 5 nitrogen and oxygen atoms in total. The molecular formula is C34H48N2O3. The summed E-state index contributed by atoms with van der Waals surface area (Å²) in [5.74, 6) is 0.520. The van der Waals surface area contributed by atoms with E-state index in [0.29, 0.717) is 18.9 Å². The first-order chi connectivity index (χ1) is 19.1. The minimum atomic E-state index is -0.0799. The largest absolute Gasteiger partial charge is 0.477 e. The maximum atomic E-state index is 11.9. The van der Waals surface area contributed by atoms with E-state index >= 15 is 0 Å². The Balaban J connectivity index is 1.50. The summed E-state index contributed by atoms with van der Waals surface area (Å²) in [5.41, 5.74) is 5.36. The molecule has 0 spiro atoms. The lowest BCUT2D eigenvalue weighted by atomic mass is 9.95. The van der Waals surface area contributed by atoms with Gasteiger partial charge in [0.25, 0.3) is 0 Å². The molecule has 39 heavy (non-hydrogen) atoms. The van der Waals surface area contributed by atoms with Crippen LogP contribution < -0.4 is 4.74 Å². The van der Waals surface area contributed by atoms with Crippen LogP contribution in [0.3, 0.4) is 0 Å². The first kappa shape index (κ1) is 30.6. The van der Waals surface area contributed by atoms with Gasteiger partial charge in [0.1, 0.15) is 0 Å². The van der Waals surface area contributed by atoms with Crippen LogP contribution in [0.15, 0.2) is 48.7 Å². The number of benzene rings is 2. The molecule has 0 radical (unpaired) electrons. The molecule has 2 aromatic carbocycles. The van der Waals surface area contributed by atoms with Crippen molar-refractivity contribution >= 4 is 17.0 Å². The molecule has 0 amide bonds. The summed E-state index contributed by atoms with van der Waals surface area (Å²) in [5, 5.41) is 0. The van der Waals surface area contributed by atoms with Crippen molar-refractivity contribution in [3.05, 3.63) is 54.2 Å². The van der Waals surface area contributed by atoms with Crippen LogP contribution in [-0.4, -0.2) is 28.6 Å². The van der Waals surface area contributed by atoms with Crippen molar-refractivity contribution in [1.29, 1.82) is 0 Å². The van der Waals surface area contributed by atoms with Crippen molar-refractivity contribution in [2.75, 3.05) is 6.61 Å². The minimum Gasteiger partial charge on any atom is -0.477 e. The average molecular weight is 533 g/mol. The van der Waals surface area contributed by atoms with E-state index < -0.39 is 0 Å². The molecule has 3 rings (SSSR count). The molecule has 0 saturated heterocycles. The van der Waals surface area contributed by atoms with Crippen molar-refractivity contribution in [3.8, 4) is 17.0 Å². The van der Waals surface area contributed by atoms with Crippen LogP contribution in [0.4, 0.5) is 0 Å². The number of aryl methyl sites for hydroxylation is 1. The van der Waals surface area contributed by atoms with Gasteiger partial charge in [-0.05, 0) is 67.9 Å². The summed E-state index contributed by atoms with van der Waals surface area (Å²) in [4.78, 5) is 21.2. The standard InChI is InChI=1S/C34H48N2O3/c1-4-6-8-9-10-11-12-15-24-38-33-26-35-32-25-29(22-23-31(32)36-33)30-20-14-13-18-28(30)19-16-17-27(3)39-34(37)21-7-5-2/h13-14,18,20,22-23,25-27H,4-12,15-17,19,21,24H2,1-3H3. The number of fused-ring (bicyclic) bond motifs is 1. The second kappa shape index (κ2) is 17.6. The minimum absolute atomic E-state index is 0.0515. The highest BCUT2D eigenvalue weighted by molar-refractivity contribution is 5.82. The molecule has 1 aromatic heterocycles. The second-order valence-electron chi connectivity index (χ2n) is 10.7. The molecule has 1 heterocycles. The average Bonchev–Trinajstić information content (AvgIpc) is 2.95. The summed E-state index contributed by atoms with van der Waals surface area (Å²) in [6, 6.07) is 14.8. The van der Waals surface area contributed by atoms with Crippen LogP contribution in [0, 0.1) is 0 Å². The highest BCUT2D eigenvalue weighted by Gasteiger charge is 2.11. The third-order valence-electron chi connectivity index (χ3n) is 7.22. The fraction of sp³-hybridized carbons (Fsp3) is 0.559. The van der Waals surface area contributed by atoms with E-state index in [1.165, 1.54) is 56.1 Å². The smallest absolute Gasteiger partial charge is 0.306 e. The molecule has 1 unspecified atom stereocenters. The Labute approximate surface area is 235 Å². The summed E-state index contributed by atoms with van der Waals surface area (Å²) in [6.07, 6.45) is 17.1. The van der Waals surface area contributed by atoms with Crippen molar-refractivity contribution in [1.82, 2.24) is 9.97 Å². The van der Waals surface area contributed by atoms with Gasteiger partial charge >= 0.3 is 5.97 Å². The Hall–Kier alpha value is -2.95. The normalized spacial score (nSPS) is 12.0. The Morgan fingerprint density at radius 1 is 0.846 bits per heavy atom. The Bertz CT molecular complexity index is 1130. The van der Waals surface area contributed by atoms with E-state index in [0.717, 1.165) is 55.1 Å².